The van der Waals surface area contributed by atoms with Gasteiger partial charge >= 0.3 is 0 Å². The molecule has 0 aromatic heterocycles. The average molecular weight is 239 g/mol. The highest BCUT2D eigenvalue weighted by Gasteiger charge is 2.10. The Bertz CT molecular complexity index is 357. The van der Waals surface area contributed by atoms with Gasteiger partial charge in [0.05, 0.1) is 15.7 Å². The smallest absolute Gasteiger partial charge is 0.168 e. The number of nitrogens with two attached hydrogens (primary N) is 1. The third-order valence-corrected chi connectivity index (χ3v) is 2.18. The number of thiocarbonyl (C=S) groups is 1. The van der Waals surface area contributed by atoms with E-state index < -0.39 is 5.82 Å². The molecule has 2 nitrogen and oxygen atoms in total. The number of hydrogen-bond acceptors (Lipinski definition) is 1. The minimum atomic E-state index is -0.665. The maximum atomic E-state index is 13.2. The predicted molar refractivity (Wildman–Crippen MR) is 56.8 cm³/mol. The van der Waals surface area contributed by atoms with Gasteiger partial charge in [-0.05, 0) is 24.4 Å². The fraction of sp³-hybridized carbons (Fsp3) is 0. The fourth-order valence-electron chi connectivity index (χ4n) is 0.755. The summed E-state index contributed by atoms with van der Waals surface area (Å²) in [5, 5.41) is 2.40. The van der Waals surface area contributed by atoms with Crippen LogP contribution in [0.2, 0.25) is 10.0 Å². The molecular formula is C7H5Cl2FN2S. The maximum absolute atomic E-state index is 13.2. The quantitative estimate of drug-likeness (QED) is 0.584. The van der Waals surface area contributed by atoms with Crippen molar-refractivity contribution in [3.05, 3.63) is 28.0 Å². The van der Waals surface area contributed by atoms with Gasteiger partial charge in [0.25, 0.3) is 0 Å². The van der Waals surface area contributed by atoms with Crippen molar-refractivity contribution in [3.63, 3.8) is 0 Å². The standard InChI is InChI=1S/C7H5Cl2FN2S/c8-3-1-2-4(12-7(11)13)6(10)5(3)9/h1-2H,(H3,11,12,13). The van der Waals surface area contributed by atoms with E-state index in [4.69, 9.17) is 28.9 Å². The Kier molecular flexibility index (Phi) is 3.30. The molecule has 0 aliphatic rings. The molecule has 70 valence electrons. The second-order valence-corrected chi connectivity index (χ2v) is 3.44. The maximum Gasteiger partial charge on any atom is 0.168 e. The Morgan fingerprint density at radius 3 is 2.62 bits per heavy atom. The zero-order valence-corrected chi connectivity index (χ0v) is 8.60. The Morgan fingerprint density at radius 1 is 1.46 bits per heavy atom. The van der Waals surface area contributed by atoms with E-state index in [2.05, 4.69) is 17.5 Å². The normalized spacial score (nSPS) is 9.77. The topological polar surface area (TPSA) is 38.0 Å². The molecule has 0 saturated carbocycles. The number of rotatable bonds is 1. The van der Waals surface area contributed by atoms with Gasteiger partial charge in [0.15, 0.2) is 10.9 Å². The molecule has 0 radical (unpaired) electrons. The van der Waals surface area contributed by atoms with E-state index in [1.54, 1.807) is 0 Å². The molecule has 0 unspecified atom stereocenters. The summed E-state index contributed by atoms with van der Waals surface area (Å²) in [6, 6.07) is 2.86. The van der Waals surface area contributed by atoms with Crippen LogP contribution in [0.3, 0.4) is 0 Å². The van der Waals surface area contributed by atoms with Crippen LogP contribution in [0, 0.1) is 5.82 Å². The summed E-state index contributed by atoms with van der Waals surface area (Å²) in [5.74, 6) is -0.665. The number of nitrogens with one attached hydrogen (secondary N) is 1. The van der Waals surface area contributed by atoms with Crippen LogP contribution in [0.1, 0.15) is 0 Å². The molecule has 0 amide bonds. The number of benzene rings is 1. The van der Waals surface area contributed by atoms with Gasteiger partial charge in [-0.3, -0.25) is 0 Å². The molecule has 0 aliphatic heterocycles. The van der Waals surface area contributed by atoms with Crippen LogP contribution in [0.4, 0.5) is 10.1 Å². The first kappa shape index (κ1) is 10.5. The van der Waals surface area contributed by atoms with Crippen molar-refractivity contribution in [3.8, 4) is 0 Å². The summed E-state index contributed by atoms with van der Waals surface area (Å²) >= 11 is 15.6. The molecule has 0 aliphatic carbocycles. The molecule has 1 aromatic rings. The minimum Gasteiger partial charge on any atom is -0.376 e. The van der Waals surface area contributed by atoms with Crippen molar-refractivity contribution in [1.82, 2.24) is 0 Å². The Morgan fingerprint density at radius 2 is 2.08 bits per heavy atom. The van der Waals surface area contributed by atoms with Gasteiger partial charge in [-0.25, -0.2) is 4.39 Å². The van der Waals surface area contributed by atoms with E-state index in [0.717, 1.165) is 0 Å². The zero-order valence-electron chi connectivity index (χ0n) is 6.27. The molecule has 1 rings (SSSR count). The van der Waals surface area contributed by atoms with Crippen molar-refractivity contribution in [1.29, 1.82) is 0 Å². The summed E-state index contributed by atoms with van der Waals surface area (Å²) in [5.41, 5.74) is 5.27. The SMILES string of the molecule is NC(=S)Nc1ccc(Cl)c(Cl)c1F. The predicted octanol–water partition coefficient (Wildman–Crippen LogP) is 2.79. The highest BCUT2D eigenvalue weighted by Crippen LogP contribution is 2.29. The van der Waals surface area contributed by atoms with Gasteiger partial charge in [0.2, 0.25) is 0 Å². The van der Waals surface area contributed by atoms with Gasteiger partial charge < -0.3 is 11.1 Å². The lowest BCUT2D eigenvalue weighted by atomic mass is 10.3. The third-order valence-electron chi connectivity index (χ3n) is 1.29. The molecule has 0 bridgehead atoms. The number of anilines is 1. The van der Waals surface area contributed by atoms with E-state index in [0.29, 0.717) is 0 Å². The summed E-state index contributed by atoms with van der Waals surface area (Å²) in [7, 11) is 0. The summed E-state index contributed by atoms with van der Waals surface area (Å²) in [6.45, 7) is 0. The van der Waals surface area contributed by atoms with Gasteiger partial charge in [0, 0.05) is 0 Å². The first-order chi connectivity index (χ1) is 6.02. The highest BCUT2D eigenvalue weighted by atomic mass is 35.5. The molecule has 3 N–H and O–H groups in total. The van der Waals surface area contributed by atoms with Crippen LogP contribution in [0.25, 0.3) is 0 Å². The molecule has 0 saturated heterocycles. The van der Waals surface area contributed by atoms with E-state index >= 15 is 0 Å². The zero-order chi connectivity index (χ0) is 10.0. The largest absolute Gasteiger partial charge is 0.376 e. The molecule has 0 heterocycles. The molecule has 0 fully saturated rings. The summed E-state index contributed by atoms with van der Waals surface area (Å²) in [6.07, 6.45) is 0. The molecule has 6 heteroatoms. The van der Waals surface area contributed by atoms with Crippen molar-refractivity contribution in [2.24, 2.45) is 5.73 Å². The van der Waals surface area contributed by atoms with Crippen LogP contribution < -0.4 is 11.1 Å². The van der Waals surface area contributed by atoms with E-state index in [9.17, 15) is 4.39 Å². The van der Waals surface area contributed by atoms with Crippen molar-refractivity contribution < 1.29 is 4.39 Å². The van der Waals surface area contributed by atoms with Gasteiger partial charge in [-0.2, -0.15) is 0 Å². The summed E-state index contributed by atoms with van der Waals surface area (Å²) in [4.78, 5) is 0. The van der Waals surface area contributed by atoms with Crippen molar-refractivity contribution in [2.45, 2.75) is 0 Å². The fourth-order valence-corrected chi connectivity index (χ4v) is 1.18. The molecule has 13 heavy (non-hydrogen) atoms. The Labute approximate surface area is 89.8 Å². The minimum absolute atomic E-state index is 0.0303. The van der Waals surface area contributed by atoms with E-state index in [1.165, 1.54) is 12.1 Å². The number of hydrogen-bond donors (Lipinski definition) is 2. The number of halogens is 3. The van der Waals surface area contributed by atoms with E-state index in [-0.39, 0.29) is 20.8 Å². The van der Waals surface area contributed by atoms with Crippen LogP contribution in [-0.4, -0.2) is 5.11 Å². The van der Waals surface area contributed by atoms with Crippen molar-refractivity contribution >= 4 is 46.2 Å². The van der Waals surface area contributed by atoms with Crippen molar-refractivity contribution in [2.75, 3.05) is 5.32 Å². The molecule has 0 atom stereocenters. The lowest BCUT2D eigenvalue weighted by Gasteiger charge is -2.06. The van der Waals surface area contributed by atoms with Gasteiger partial charge in [-0.15, -0.1) is 0 Å². The molecule has 0 spiro atoms. The molecule has 1 aromatic carbocycles. The average Bonchev–Trinajstić information content (AvgIpc) is 2.06. The van der Waals surface area contributed by atoms with Crippen LogP contribution in [0.15, 0.2) is 12.1 Å². The third kappa shape index (κ3) is 2.43. The van der Waals surface area contributed by atoms with Crippen LogP contribution in [0.5, 0.6) is 0 Å². The van der Waals surface area contributed by atoms with Gasteiger partial charge in [0.1, 0.15) is 0 Å². The highest BCUT2D eigenvalue weighted by molar-refractivity contribution is 7.80. The van der Waals surface area contributed by atoms with E-state index in [1.807, 2.05) is 0 Å². The van der Waals surface area contributed by atoms with Crippen LogP contribution in [-0.2, 0) is 0 Å². The first-order valence-electron chi connectivity index (χ1n) is 3.22. The molecular weight excluding hydrogens is 234 g/mol. The van der Waals surface area contributed by atoms with Gasteiger partial charge in [-0.1, -0.05) is 23.2 Å². The second-order valence-electron chi connectivity index (χ2n) is 2.21. The lowest BCUT2D eigenvalue weighted by molar-refractivity contribution is 0.632. The second kappa shape index (κ2) is 4.09. The Balaban J connectivity index is 3.10. The van der Waals surface area contributed by atoms with Crippen LogP contribution >= 0.6 is 35.4 Å². The lowest BCUT2D eigenvalue weighted by Crippen LogP contribution is -2.19. The Hall–Kier alpha value is -0.580. The monoisotopic (exact) mass is 238 g/mol. The first-order valence-corrected chi connectivity index (χ1v) is 4.38. The summed E-state index contributed by atoms with van der Waals surface area (Å²) < 4.78 is 13.2.